The molecule has 1 aliphatic rings. The monoisotopic (exact) mass is 244 g/mol. The molecule has 1 saturated heterocycles. The van der Waals surface area contributed by atoms with Crippen molar-refractivity contribution in [2.45, 2.75) is 12.8 Å². The van der Waals surface area contributed by atoms with Gasteiger partial charge in [0.25, 0.3) is 5.91 Å². The van der Waals surface area contributed by atoms with Crippen LogP contribution in [0.2, 0.25) is 0 Å². The second kappa shape index (κ2) is 6.18. The second-order valence-corrected chi connectivity index (χ2v) is 4.49. The number of carbonyl (C=O) groups is 1. The van der Waals surface area contributed by atoms with Crippen LogP contribution in [0.5, 0.6) is 0 Å². The second-order valence-electron chi connectivity index (χ2n) is 4.49. The van der Waals surface area contributed by atoms with Crippen molar-refractivity contribution in [2.24, 2.45) is 5.92 Å². The van der Waals surface area contributed by atoms with Gasteiger partial charge in [-0.1, -0.05) is 6.07 Å². The van der Waals surface area contributed by atoms with E-state index in [4.69, 9.17) is 10.00 Å². The van der Waals surface area contributed by atoms with Crippen LogP contribution in [-0.4, -0.2) is 25.7 Å². The minimum atomic E-state index is -0.127. The Hall–Kier alpha value is -1.86. The Labute approximate surface area is 107 Å². The Morgan fingerprint density at radius 1 is 1.56 bits per heavy atom. The van der Waals surface area contributed by atoms with E-state index in [9.17, 15) is 4.79 Å². The zero-order chi connectivity index (χ0) is 12.8. The van der Waals surface area contributed by atoms with Gasteiger partial charge in [-0.2, -0.15) is 5.26 Å². The summed E-state index contributed by atoms with van der Waals surface area (Å²) in [7, 11) is 0. The average molecular weight is 244 g/mol. The first-order valence-electron chi connectivity index (χ1n) is 6.15. The molecular formula is C14H16N2O2. The summed E-state index contributed by atoms with van der Waals surface area (Å²) in [5, 5.41) is 11.7. The molecular weight excluding hydrogens is 228 g/mol. The SMILES string of the molecule is N#Cc1cccc(C(=O)NCC2CCCOC2)c1. The van der Waals surface area contributed by atoms with Crippen molar-refractivity contribution in [1.29, 1.82) is 5.26 Å². The minimum absolute atomic E-state index is 0.127. The van der Waals surface area contributed by atoms with Crippen LogP contribution < -0.4 is 5.32 Å². The molecule has 1 aromatic carbocycles. The standard InChI is InChI=1S/C14H16N2O2/c15-8-11-3-1-5-13(7-11)14(17)16-9-12-4-2-6-18-10-12/h1,3,5,7,12H,2,4,6,9-10H2,(H,16,17). The van der Waals surface area contributed by atoms with Gasteiger partial charge in [0.05, 0.1) is 18.2 Å². The van der Waals surface area contributed by atoms with Gasteiger partial charge >= 0.3 is 0 Å². The van der Waals surface area contributed by atoms with E-state index >= 15 is 0 Å². The summed E-state index contributed by atoms with van der Waals surface area (Å²) in [5.41, 5.74) is 1.04. The fraction of sp³-hybridized carbons (Fsp3) is 0.429. The Kier molecular flexibility index (Phi) is 4.32. The van der Waals surface area contributed by atoms with Crippen molar-refractivity contribution >= 4 is 5.91 Å². The van der Waals surface area contributed by atoms with E-state index in [1.165, 1.54) is 0 Å². The molecule has 1 N–H and O–H groups in total. The molecule has 1 atom stereocenters. The van der Waals surface area contributed by atoms with E-state index in [1.54, 1.807) is 24.3 Å². The van der Waals surface area contributed by atoms with Crippen LogP contribution in [0.4, 0.5) is 0 Å². The first-order chi connectivity index (χ1) is 8.79. The molecule has 0 radical (unpaired) electrons. The number of nitrogens with one attached hydrogen (secondary N) is 1. The van der Waals surface area contributed by atoms with Crippen molar-refractivity contribution in [3.63, 3.8) is 0 Å². The molecule has 1 amide bonds. The van der Waals surface area contributed by atoms with Crippen molar-refractivity contribution in [2.75, 3.05) is 19.8 Å². The van der Waals surface area contributed by atoms with Gasteiger partial charge in [-0.25, -0.2) is 0 Å². The van der Waals surface area contributed by atoms with Gasteiger partial charge in [0, 0.05) is 18.7 Å². The van der Waals surface area contributed by atoms with Crippen LogP contribution in [0.25, 0.3) is 0 Å². The maximum Gasteiger partial charge on any atom is 0.251 e. The molecule has 1 fully saturated rings. The summed E-state index contributed by atoms with van der Waals surface area (Å²) >= 11 is 0. The van der Waals surface area contributed by atoms with Crippen molar-refractivity contribution < 1.29 is 9.53 Å². The normalized spacial score (nSPS) is 18.9. The van der Waals surface area contributed by atoms with E-state index in [0.717, 1.165) is 26.1 Å². The van der Waals surface area contributed by atoms with Gasteiger partial charge in [-0.15, -0.1) is 0 Å². The lowest BCUT2D eigenvalue weighted by Gasteiger charge is -2.22. The van der Waals surface area contributed by atoms with Crippen molar-refractivity contribution in [3.8, 4) is 6.07 Å². The molecule has 0 bridgehead atoms. The molecule has 0 spiro atoms. The number of amides is 1. The number of hydrogen-bond donors (Lipinski definition) is 1. The van der Waals surface area contributed by atoms with Gasteiger partial charge in [0.1, 0.15) is 0 Å². The predicted molar refractivity (Wildman–Crippen MR) is 67.0 cm³/mol. The molecule has 18 heavy (non-hydrogen) atoms. The summed E-state index contributed by atoms with van der Waals surface area (Å²) < 4.78 is 5.36. The third-order valence-corrected chi connectivity index (χ3v) is 3.06. The highest BCUT2D eigenvalue weighted by Crippen LogP contribution is 2.12. The molecule has 1 unspecified atom stereocenters. The highest BCUT2D eigenvalue weighted by Gasteiger charge is 2.15. The largest absolute Gasteiger partial charge is 0.381 e. The number of carbonyl (C=O) groups excluding carboxylic acids is 1. The van der Waals surface area contributed by atoms with Crippen molar-refractivity contribution in [3.05, 3.63) is 35.4 Å². The fourth-order valence-corrected chi connectivity index (χ4v) is 2.04. The van der Waals surface area contributed by atoms with Gasteiger partial charge in [-0.3, -0.25) is 4.79 Å². The third-order valence-electron chi connectivity index (χ3n) is 3.06. The molecule has 0 aliphatic carbocycles. The number of hydrogen-bond acceptors (Lipinski definition) is 3. The van der Waals surface area contributed by atoms with E-state index in [1.807, 2.05) is 6.07 Å². The van der Waals surface area contributed by atoms with E-state index in [-0.39, 0.29) is 5.91 Å². The van der Waals surface area contributed by atoms with Gasteiger partial charge < -0.3 is 10.1 Å². The number of ether oxygens (including phenoxy) is 1. The number of nitriles is 1. The van der Waals surface area contributed by atoms with Crippen LogP contribution in [0.15, 0.2) is 24.3 Å². The smallest absolute Gasteiger partial charge is 0.251 e. The lowest BCUT2D eigenvalue weighted by Crippen LogP contribution is -2.33. The minimum Gasteiger partial charge on any atom is -0.381 e. The van der Waals surface area contributed by atoms with Crippen molar-refractivity contribution in [1.82, 2.24) is 5.32 Å². The predicted octanol–water partition coefficient (Wildman–Crippen LogP) is 1.71. The van der Waals surface area contributed by atoms with E-state index in [0.29, 0.717) is 23.6 Å². The van der Waals surface area contributed by atoms with Gasteiger partial charge in [-0.05, 0) is 37.0 Å². The molecule has 1 aromatic rings. The number of nitrogens with zero attached hydrogens (tertiary/aromatic N) is 1. The van der Waals surface area contributed by atoms with Crippen LogP contribution in [-0.2, 0) is 4.74 Å². The summed E-state index contributed by atoms with van der Waals surface area (Å²) in [4.78, 5) is 11.9. The summed E-state index contributed by atoms with van der Waals surface area (Å²) in [5.74, 6) is 0.277. The summed E-state index contributed by atoms with van der Waals surface area (Å²) in [6.07, 6.45) is 2.16. The Morgan fingerprint density at radius 3 is 3.17 bits per heavy atom. The zero-order valence-corrected chi connectivity index (χ0v) is 10.2. The highest BCUT2D eigenvalue weighted by molar-refractivity contribution is 5.94. The summed E-state index contributed by atoms with van der Waals surface area (Å²) in [6.45, 7) is 2.18. The van der Waals surface area contributed by atoms with Crippen LogP contribution in [0.3, 0.4) is 0 Å². The first-order valence-corrected chi connectivity index (χ1v) is 6.15. The highest BCUT2D eigenvalue weighted by atomic mass is 16.5. The molecule has 4 nitrogen and oxygen atoms in total. The van der Waals surface area contributed by atoms with Gasteiger partial charge in [0.2, 0.25) is 0 Å². The molecule has 1 aliphatic heterocycles. The molecule has 2 rings (SSSR count). The quantitative estimate of drug-likeness (QED) is 0.880. The Balaban J connectivity index is 1.89. The van der Waals surface area contributed by atoms with Crippen LogP contribution in [0.1, 0.15) is 28.8 Å². The first kappa shape index (κ1) is 12.6. The fourth-order valence-electron chi connectivity index (χ4n) is 2.04. The zero-order valence-electron chi connectivity index (χ0n) is 10.2. The third kappa shape index (κ3) is 3.31. The average Bonchev–Trinajstić information content (AvgIpc) is 2.46. The Morgan fingerprint density at radius 2 is 2.44 bits per heavy atom. The molecule has 0 saturated carbocycles. The Bertz CT molecular complexity index is 459. The molecule has 1 heterocycles. The van der Waals surface area contributed by atoms with Crippen LogP contribution >= 0.6 is 0 Å². The molecule has 0 aromatic heterocycles. The maximum absolute atomic E-state index is 11.9. The number of benzene rings is 1. The van der Waals surface area contributed by atoms with E-state index < -0.39 is 0 Å². The van der Waals surface area contributed by atoms with Gasteiger partial charge in [0.15, 0.2) is 0 Å². The van der Waals surface area contributed by atoms with E-state index in [2.05, 4.69) is 5.32 Å². The molecule has 94 valence electrons. The molecule has 4 heteroatoms. The summed E-state index contributed by atoms with van der Waals surface area (Å²) in [6, 6.07) is 8.75. The number of rotatable bonds is 3. The topological polar surface area (TPSA) is 62.1 Å². The lowest BCUT2D eigenvalue weighted by molar-refractivity contribution is 0.0536. The van der Waals surface area contributed by atoms with Crippen LogP contribution in [0, 0.1) is 17.2 Å². The maximum atomic E-state index is 11.9. The lowest BCUT2D eigenvalue weighted by atomic mass is 10.0.